The van der Waals surface area contributed by atoms with Crippen molar-refractivity contribution in [2.24, 2.45) is 5.11 Å². The van der Waals surface area contributed by atoms with Gasteiger partial charge in [-0.05, 0) is 41.7 Å². The molecule has 0 aliphatic carbocycles. The summed E-state index contributed by atoms with van der Waals surface area (Å²) in [4.78, 5) is 2.79. The van der Waals surface area contributed by atoms with Crippen LogP contribution in [0.15, 0.2) is 29.4 Å². The third kappa shape index (κ3) is 5.06. The quantitative estimate of drug-likeness (QED) is 0.306. The van der Waals surface area contributed by atoms with Gasteiger partial charge in [0.05, 0.1) is 6.16 Å². The predicted octanol–water partition coefficient (Wildman–Crippen LogP) is 4.49. The zero-order valence-electron chi connectivity index (χ0n) is 12.6. The molecule has 0 saturated carbocycles. The molecule has 0 aliphatic heterocycles. The third-order valence-electron chi connectivity index (χ3n) is 3.11. The molecule has 1 aromatic carbocycles. The van der Waals surface area contributed by atoms with E-state index in [9.17, 15) is 4.57 Å². The van der Waals surface area contributed by atoms with Crippen molar-refractivity contribution >= 4 is 7.60 Å². The molecule has 0 radical (unpaired) electrons. The van der Waals surface area contributed by atoms with Crippen LogP contribution in [0.3, 0.4) is 0 Å². The van der Waals surface area contributed by atoms with E-state index in [1.807, 2.05) is 6.92 Å². The van der Waals surface area contributed by atoms with E-state index < -0.39 is 13.3 Å². The molecule has 1 aromatic rings. The molecule has 1 rings (SSSR count). The first-order chi connectivity index (χ1) is 9.90. The minimum Gasteiger partial charge on any atom is -0.481 e. The van der Waals surface area contributed by atoms with Gasteiger partial charge in [0.1, 0.15) is 5.75 Å². The lowest BCUT2D eigenvalue weighted by Crippen LogP contribution is -2.28. The zero-order chi connectivity index (χ0) is 15.9. The number of hydrogen-bond donors (Lipinski definition) is 0. The molecule has 0 aliphatic rings. The van der Waals surface area contributed by atoms with E-state index >= 15 is 0 Å². The molecule has 0 fully saturated rings. The van der Waals surface area contributed by atoms with Gasteiger partial charge in [-0.2, -0.15) is 0 Å². The maximum atomic E-state index is 12.0. The van der Waals surface area contributed by atoms with Crippen molar-refractivity contribution in [1.82, 2.24) is 0 Å². The van der Waals surface area contributed by atoms with Gasteiger partial charge < -0.3 is 13.8 Å². The summed E-state index contributed by atoms with van der Waals surface area (Å²) < 4.78 is 27.5. The molecule has 0 aromatic heterocycles. The molecule has 0 amide bonds. The first kappa shape index (κ1) is 17.5. The average molecular weight is 313 g/mol. The van der Waals surface area contributed by atoms with Crippen LogP contribution < -0.4 is 4.74 Å². The van der Waals surface area contributed by atoms with Crippen molar-refractivity contribution < 1.29 is 18.3 Å². The molecule has 0 bridgehead atoms. The fourth-order valence-electron chi connectivity index (χ4n) is 1.60. The monoisotopic (exact) mass is 313 g/mol. The Labute approximate surface area is 124 Å². The Kier molecular flexibility index (Phi) is 6.24. The highest BCUT2D eigenvalue weighted by Crippen LogP contribution is 2.49. The van der Waals surface area contributed by atoms with E-state index in [1.165, 1.54) is 14.2 Å². The molecule has 1 atom stereocenters. The van der Waals surface area contributed by atoms with Crippen LogP contribution in [-0.4, -0.2) is 19.9 Å². The second-order valence-corrected chi connectivity index (χ2v) is 6.87. The highest BCUT2D eigenvalue weighted by molar-refractivity contribution is 7.52. The van der Waals surface area contributed by atoms with E-state index in [2.05, 4.69) is 10.0 Å². The normalized spacial score (nSPS) is 14.1. The number of hydrogen-bond acceptors (Lipinski definition) is 5. The highest BCUT2D eigenvalue weighted by atomic mass is 31.2. The standard InChI is InChI=1S/C13H20N3O4P/c1-5-13(2,15-16-14)20-12-8-6-11(7-9-12)10-21(17,18-3)19-4/h6-9H,5,10H2,1-4H3. The van der Waals surface area contributed by atoms with Gasteiger partial charge in [0.15, 0.2) is 5.72 Å². The smallest absolute Gasteiger partial charge is 0.334 e. The first-order valence-corrected chi connectivity index (χ1v) is 8.18. The van der Waals surface area contributed by atoms with E-state index in [0.717, 1.165) is 5.56 Å². The van der Waals surface area contributed by atoms with Crippen LogP contribution in [-0.2, 0) is 19.8 Å². The highest BCUT2D eigenvalue weighted by Gasteiger charge is 2.23. The zero-order valence-corrected chi connectivity index (χ0v) is 13.5. The lowest BCUT2D eigenvalue weighted by atomic mass is 10.2. The lowest BCUT2D eigenvalue weighted by Gasteiger charge is -2.24. The van der Waals surface area contributed by atoms with Crippen LogP contribution in [0.2, 0.25) is 0 Å². The molecule has 0 spiro atoms. The van der Waals surface area contributed by atoms with Gasteiger partial charge in [0.25, 0.3) is 0 Å². The summed E-state index contributed by atoms with van der Waals surface area (Å²) in [6.07, 6.45) is 0.725. The second-order valence-electron chi connectivity index (χ2n) is 4.60. The van der Waals surface area contributed by atoms with Crippen LogP contribution in [0.1, 0.15) is 25.8 Å². The van der Waals surface area contributed by atoms with Crippen LogP contribution in [0.4, 0.5) is 0 Å². The SMILES string of the molecule is CCC(C)(N=[N+]=[N-])Oc1ccc(CP(=O)(OC)OC)cc1. The Morgan fingerprint density at radius 3 is 2.29 bits per heavy atom. The Morgan fingerprint density at radius 1 is 1.29 bits per heavy atom. The fourth-order valence-corrected chi connectivity index (χ4v) is 2.67. The summed E-state index contributed by atoms with van der Waals surface area (Å²) in [7, 11) is -0.372. The lowest BCUT2D eigenvalue weighted by molar-refractivity contribution is 0.0921. The summed E-state index contributed by atoms with van der Waals surface area (Å²) in [5.74, 6) is 0.570. The van der Waals surface area contributed by atoms with Crippen molar-refractivity contribution in [2.45, 2.75) is 32.2 Å². The van der Waals surface area contributed by atoms with Crippen molar-refractivity contribution in [3.63, 3.8) is 0 Å². The Bertz CT molecular complexity index is 549. The Balaban J connectivity index is 2.83. The van der Waals surface area contributed by atoms with Crippen molar-refractivity contribution in [2.75, 3.05) is 14.2 Å². The summed E-state index contributed by atoms with van der Waals surface area (Å²) >= 11 is 0. The molecule has 0 saturated heterocycles. The number of azide groups is 1. The predicted molar refractivity (Wildman–Crippen MR) is 80.2 cm³/mol. The molecule has 7 nitrogen and oxygen atoms in total. The van der Waals surface area contributed by atoms with Crippen LogP contribution in [0.5, 0.6) is 5.75 Å². The van der Waals surface area contributed by atoms with E-state index in [0.29, 0.717) is 12.2 Å². The summed E-state index contributed by atoms with van der Waals surface area (Å²) in [5, 5.41) is 3.65. The number of benzene rings is 1. The first-order valence-electron chi connectivity index (χ1n) is 6.45. The second kappa shape index (κ2) is 7.48. The van der Waals surface area contributed by atoms with Gasteiger partial charge in [-0.25, -0.2) is 0 Å². The molecular weight excluding hydrogens is 293 g/mol. The van der Waals surface area contributed by atoms with E-state index in [1.54, 1.807) is 31.2 Å². The van der Waals surface area contributed by atoms with Crippen molar-refractivity contribution in [3.05, 3.63) is 40.3 Å². The number of rotatable bonds is 8. The van der Waals surface area contributed by atoms with Gasteiger partial charge in [-0.3, -0.25) is 4.57 Å². The van der Waals surface area contributed by atoms with Crippen LogP contribution in [0.25, 0.3) is 10.4 Å². The average Bonchev–Trinajstić information content (AvgIpc) is 2.49. The molecule has 0 N–H and O–H groups in total. The molecule has 116 valence electrons. The molecule has 21 heavy (non-hydrogen) atoms. The van der Waals surface area contributed by atoms with E-state index in [-0.39, 0.29) is 6.16 Å². The summed E-state index contributed by atoms with van der Waals surface area (Å²) in [6.45, 7) is 3.58. The largest absolute Gasteiger partial charge is 0.481 e. The fraction of sp³-hybridized carbons (Fsp3) is 0.538. The van der Waals surface area contributed by atoms with E-state index in [4.69, 9.17) is 19.3 Å². The minimum atomic E-state index is -3.08. The van der Waals surface area contributed by atoms with Gasteiger partial charge >= 0.3 is 7.60 Å². The van der Waals surface area contributed by atoms with Gasteiger partial charge in [0, 0.05) is 19.1 Å². The molecule has 1 unspecified atom stereocenters. The third-order valence-corrected chi connectivity index (χ3v) is 4.97. The molecule has 8 heteroatoms. The maximum Gasteiger partial charge on any atom is 0.334 e. The summed E-state index contributed by atoms with van der Waals surface area (Å²) in [6, 6.07) is 7.00. The number of ether oxygens (including phenoxy) is 1. The van der Waals surface area contributed by atoms with Crippen molar-refractivity contribution in [1.29, 1.82) is 0 Å². The minimum absolute atomic E-state index is 0.182. The van der Waals surface area contributed by atoms with Crippen molar-refractivity contribution in [3.8, 4) is 5.75 Å². The Hall–Kier alpha value is -1.52. The summed E-state index contributed by atoms with van der Waals surface area (Å²) in [5.41, 5.74) is 8.43. The Morgan fingerprint density at radius 2 is 1.86 bits per heavy atom. The van der Waals surface area contributed by atoms with Gasteiger partial charge in [-0.15, -0.1) is 0 Å². The number of nitrogens with zero attached hydrogens (tertiary/aromatic N) is 3. The molecule has 0 heterocycles. The van der Waals surface area contributed by atoms with Crippen LogP contribution in [0, 0.1) is 0 Å². The van der Waals surface area contributed by atoms with Gasteiger partial charge in [0.2, 0.25) is 0 Å². The van der Waals surface area contributed by atoms with Crippen LogP contribution >= 0.6 is 7.60 Å². The molecular formula is C13H20N3O4P. The maximum absolute atomic E-state index is 12.0. The topological polar surface area (TPSA) is 93.5 Å². The van der Waals surface area contributed by atoms with Gasteiger partial charge in [-0.1, -0.05) is 19.1 Å².